The molecule has 0 aliphatic heterocycles. The summed E-state index contributed by atoms with van der Waals surface area (Å²) in [5.74, 6) is 0.337. The lowest BCUT2D eigenvalue weighted by molar-refractivity contribution is -0.135. The zero-order chi connectivity index (χ0) is 10.4. The average Bonchev–Trinajstić information content (AvgIpc) is 2.14. The second-order valence-corrected chi connectivity index (χ2v) is 3.72. The third-order valence-corrected chi connectivity index (χ3v) is 2.49. The fourth-order valence-corrected chi connectivity index (χ4v) is 1.28. The highest BCUT2D eigenvalue weighted by Crippen LogP contribution is 2.09. The van der Waals surface area contributed by atoms with Gasteiger partial charge in [0.25, 0.3) is 0 Å². The number of amides is 1. The number of nitrogens with zero attached hydrogens (tertiary/aromatic N) is 1. The van der Waals surface area contributed by atoms with Crippen LogP contribution in [0.1, 0.15) is 33.6 Å². The van der Waals surface area contributed by atoms with E-state index in [0.29, 0.717) is 6.54 Å². The van der Waals surface area contributed by atoms with Crippen molar-refractivity contribution in [3.8, 4) is 0 Å². The Labute approximate surface area is 81.3 Å². The highest BCUT2D eigenvalue weighted by molar-refractivity contribution is 5.78. The summed E-state index contributed by atoms with van der Waals surface area (Å²) in [6, 6.07) is 0.145. The highest BCUT2D eigenvalue weighted by Gasteiger charge is 2.19. The molecule has 2 N–H and O–H groups in total. The van der Waals surface area contributed by atoms with E-state index in [-0.39, 0.29) is 17.9 Å². The third kappa shape index (κ3) is 3.77. The van der Waals surface area contributed by atoms with Gasteiger partial charge in [0.05, 0.1) is 0 Å². The number of nitrogens with two attached hydrogens (primary N) is 1. The molecular weight excluding hydrogens is 164 g/mol. The van der Waals surface area contributed by atoms with Gasteiger partial charge in [-0.15, -0.1) is 0 Å². The standard InChI is InChI=1S/C10H22N2O/c1-5-6-8(2)10(13)12(4)9(3)7-11/h8-9H,5-7,11H2,1-4H3. The number of hydrogen-bond acceptors (Lipinski definition) is 2. The number of carbonyl (C=O) groups excluding carboxylic acids is 1. The molecule has 0 radical (unpaired) electrons. The maximum absolute atomic E-state index is 11.7. The number of rotatable bonds is 5. The quantitative estimate of drug-likeness (QED) is 0.702. The molecule has 0 saturated carbocycles. The van der Waals surface area contributed by atoms with Crippen molar-refractivity contribution in [2.75, 3.05) is 13.6 Å². The molecule has 13 heavy (non-hydrogen) atoms. The molecule has 0 bridgehead atoms. The van der Waals surface area contributed by atoms with E-state index >= 15 is 0 Å². The molecule has 0 saturated heterocycles. The molecule has 0 aromatic carbocycles. The van der Waals surface area contributed by atoms with Crippen molar-refractivity contribution < 1.29 is 4.79 Å². The molecule has 0 aromatic rings. The summed E-state index contributed by atoms with van der Waals surface area (Å²) in [6.45, 7) is 6.57. The first kappa shape index (κ1) is 12.4. The van der Waals surface area contributed by atoms with Crippen LogP contribution in [0.25, 0.3) is 0 Å². The molecule has 0 aliphatic rings. The van der Waals surface area contributed by atoms with Gasteiger partial charge in [-0.3, -0.25) is 4.79 Å². The van der Waals surface area contributed by atoms with Crippen LogP contribution in [0, 0.1) is 5.92 Å². The number of hydrogen-bond donors (Lipinski definition) is 1. The Morgan fingerprint density at radius 1 is 1.46 bits per heavy atom. The van der Waals surface area contributed by atoms with Crippen molar-refractivity contribution in [1.29, 1.82) is 0 Å². The summed E-state index contributed by atoms with van der Waals surface area (Å²) in [6.07, 6.45) is 2.01. The van der Waals surface area contributed by atoms with Gasteiger partial charge >= 0.3 is 0 Å². The van der Waals surface area contributed by atoms with Crippen molar-refractivity contribution in [2.24, 2.45) is 11.7 Å². The predicted octanol–water partition coefficient (Wildman–Crippen LogP) is 1.23. The van der Waals surface area contributed by atoms with Gasteiger partial charge in [-0.1, -0.05) is 20.3 Å². The Kier molecular flexibility index (Phi) is 5.71. The van der Waals surface area contributed by atoms with Crippen LogP contribution in [0.15, 0.2) is 0 Å². The summed E-state index contributed by atoms with van der Waals surface area (Å²) in [4.78, 5) is 13.5. The van der Waals surface area contributed by atoms with Gasteiger partial charge in [0, 0.05) is 25.6 Å². The maximum Gasteiger partial charge on any atom is 0.225 e. The minimum atomic E-state index is 0.129. The molecule has 0 aliphatic carbocycles. The van der Waals surface area contributed by atoms with E-state index < -0.39 is 0 Å². The first-order valence-electron chi connectivity index (χ1n) is 5.01. The Bertz CT molecular complexity index is 159. The summed E-state index contributed by atoms with van der Waals surface area (Å²) in [7, 11) is 1.83. The average molecular weight is 186 g/mol. The lowest BCUT2D eigenvalue weighted by Gasteiger charge is -2.26. The van der Waals surface area contributed by atoms with Crippen LogP contribution in [0.5, 0.6) is 0 Å². The molecule has 2 unspecified atom stereocenters. The third-order valence-electron chi connectivity index (χ3n) is 2.49. The Morgan fingerprint density at radius 3 is 2.38 bits per heavy atom. The minimum Gasteiger partial charge on any atom is -0.342 e. The van der Waals surface area contributed by atoms with Crippen LogP contribution >= 0.6 is 0 Å². The topological polar surface area (TPSA) is 46.3 Å². The molecular formula is C10H22N2O. The molecule has 0 heterocycles. The predicted molar refractivity (Wildman–Crippen MR) is 55.4 cm³/mol. The van der Waals surface area contributed by atoms with Gasteiger partial charge in [0.1, 0.15) is 0 Å². The molecule has 0 aromatic heterocycles. The maximum atomic E-state index is 11.7. The van der Waals surface area contributed by atoms with Gasteiger partial charge in [-0.05, 0) is 13.3 Å². The number of likely N-dealkylation sites (N-methyl/N-ethyl adjacent to an activating group) is 1. The zero-order valence-electron chi connectivity index (χ0n) is 9.21. The second kappa shape index (κ2) is 5.97. The van der Waals surface area contributed by atoms with Gasteiger partial charge in [0.2, 0.25) is 5.91 Å². The monoisotopic (exact) mass is 186 g/mol. The van der Waals surface area contributed by atoms with Crippen LogP contribution in [0.2, 0.25) is 0 Å². The van der Waals surface area contributed by atoms with Crippen molar-refractivity contribution in [3.63, 3.8) is 0 Å². The van der Waals surface area contributed by atoms with Crippen LogP contribution in [-0.2, 0) is 4.79 Å². The Hall–Kier alpha value is -0.570. The fraction of sp³-hybridized carbons (Fsp3) is 0.900. The molecule has 78 valence electrons. The van der Waals surface area contributed by atoms with Crippen LogP contribution < -0.4 is 5.73 Å². The molecule has 2 atom stereocenters. The van der Waals surface area contributed by atoms with Gasteiger partial charge < -0.3 is 10.6 Å². The van der Waals surface area contributed by atoms with E-state index in [0.717, 1.165) is 12.8 Å². The van der Waals surface area contributed by atoms with E-state index in [1.54, 1.807) is 4.90 Å². The van der Waals surface area contributed by atoms with Crippen LogP contribution in [0.3, 0.4) is 0 Å². The summed E-state index contributed by atoms with van der Waals surface area (Å²) in [5.41, 5.74) is 5.49. The molecule has 0 rings (SSSR count). The minimum absolute atomic E-state index is 0.129. The summed E-state index contributed by atoms with van der Waals surface area (Å²) >= 11 is 0. The van der Waals surface area contributed by atoms with E-state index in [1.807, 2.05) is 20.9 Å². The lowest BCUT2D eigenvalue weighted by Crippen LogP contribution is -2.42. The van der Waals surface area contributed by atoms with Crippen molar-refractivity contribution in [3.05, 3.63) is 0 Å². The SMILES string of the molecule is CCCC(C)C(=O)N(C)C(C)CN. The van der Waals surface area contributed by atoms with Crippen molar-refractivity contribution >= 4 is 5.91 Å². The largest absolute Gasteiger partial charge is 0.342 e. The van der Waals surface area contributed by atoms with E-state index in [2.05, 4.69) is 6.92 Å². The molecule has 3 nitrogen and oxygen atoms in total. The molecule has 0 spiro atoms. The van der Waals surface area contributed by atoms with E-state index in [1.165, 1.54) is 0 Å². The number of carbonyl (C=O) groups is 1. The van der Waals surface area contributed by atoms with Gasteiger partial charge in [0.15, 0.2) is 0 Å². The van der Waals surface area contributed by atoms with E-state index in [9.17, 15) is 4.79 Å². The van der Waals surface area contributed by atoms with Gasteiger partial charge in [-0.25, -0.2) is 0 Å². The first-order valence-corrected chi connectivity index (χ1v) is 5.01. The van der Waals surface area contributed by atoms with Crippen LogP contribution in [-0.4, -0.2) is 30.4 Å². The molecule has 0 fully saturated rings. The van der Waals surface area contributed by atoms with Crippen molar-refractivity contribution in [2.45, 2.75) is 39.7 Å². The Balaban J connectivity index is 4.08. The fourth-order valence-electron chi connectivity index (χ4n) is 1.28. The second-order valence-electron chi connectivity index (χ2n) is 3.72. The smallest absolute Gasteiger partial charge is 0.225 e. The normalized spacial score (nSPS) is 15.2. The zero-order valence-corrected chi connectivity index (χ0v) is 9.21. The van der Waals surface area contributed by atoms with E-state index in [4.69, 9.17) is 5.73 Å². The highest BCUT2D eigenvalue weighted by atomic mass is 16.2. The summed E-state index contributed by atoms with van der Waals surface area (Å²) in [5, 5.41) is 0. The Morgan fingerprint density at radius 2 is 2.00 bits per heavy atom. The van der Waals surface area contributed by atoms with Gasteiger partial charge in [-0.2, -0.15) is 0 Å². The molecule has 1 amide bonds. The van der Waals surface area contributed by atoms with Crippen LogP contribution in [0.4, 0.5) is 0 Å². The lowest BCUT2D eigenvalue weighted by atomic mass is 10.0. The first-order chi connectivity index (χ1) is 6.04. The van der Waals surface area contributed by atoms with Crippen molar-refractivity contribution in [1.82, 2.24) is 4.90 Å². The molecule has 3 heteroatoms. The summed E-state index contributed by atoms with van der Waals surface area (Å²) < 4.78 is 0.